The first-order valence-corrected chi connectivity index (χ1v) is 6.23. The molecule has 0 aromatic rings. The van der Waals surface area contributed by atoms with E-state index >= 15 is 0 Å². The Morgan fingerprint density at radius 1 is 1.21 bits per heavy atom. The molecule has 1 saturated heterocycles. The summed E-state index contributed by atoms with van der Waals surface area (Å²) in [5, 5.41) is 3.57. The number of nitrogens with one attached hydrogen (secondary N) is 1. The Bertz CT molecular complexity index is 181. The van der Waals surface area contributed by atoms with Gasteiger partial charge in [-0.1, -0.05) is 6.92 Å². The zero-order valence-electron chi connectivity index (χ0n) is 9.63. The molecule has 3 atom stereocenters. The van der Waals surface area contributed by atoms with Crippen LogP contribution in [0.1, 0.15) is 39.5 Å². The summed E-state index contributed by atoms with van der Waals surface area (Å²) >= 11 is 0. The molecule has 1 N–H and O–H groups in total. The van der Waals surface area contributed by atoms with Crippen LogP contribution in [0.25, 0.3) is 0 Å². The molecular weight excluding hydrogens is 172 g/mol. The molecule has 82 valence electrons. The van der Waals surface area contributed by atoms with E-state index in [0.717, 1.165) is 12.0 Å². The van der Waals surface area contributed by atoms with Gasteiger partial charge in [0.25, 0.3) is 0 Å². The van der Waals surface area contributed by atoms with E-state index < -0.39 is 0 Å². The molecular formula is C12H24N2. The van der Waals surface area contributed by atoms with Gasteiger partial charge in [0, 0.05) is 18.6 Å². The van der Waals surface area contributed by atoms with Crippen LogP contribution in [0.15, 0.2) is 0 Å². The lowest BCUT2D eigenvalue weighted by Gasteiger charge is -2.28. The molecule has 0 spiro atoms. The SMILES string of the molecule is CC1CCC(N2CCCNC(C)C2)C1. The van der Waals surface area contributed by atoms with Crippen molar-refractivity contribution in [3.63, 3.8) is 0 Å². The summed E-state index contributed by atoms with van der Waals surface area (Å²) in [7, 11) is 0. The molecule has 1 aliphatic carbocycles. The summed E-state index contributed by atoms with van der Waals surface area (Å²) in [6.45, 7) is 8.50. The molecule has 1 saturated carbocycles. The molecule has 0 aromatic carbocycles. The van der Waals surface area contributed by atoms with Crippen LogP contribution in [0.4, 0.5) is 0 Å². The molecule has 3 unspecified atom stereocenters. The quantitative estimate of drug-likeness (QED) is 0.688. The fourth-order valence-corrected chi connectivity index (χ4v) is 2.98. The van der Waals surface area contributed by atoms with Crippen LogP contribution in [0.2, 0.25) is 0 Å². The molecule has 2 nitrogen and oxygen atoms in total. The van der Waals surface area contributed by atoms with Gasteiger partial charge in [0.1, 0.15) is 0 Å². The van der Waals surface area contributed by atoms with Crippen molar-refractivity contribution in [1.82, 2.24) is 10.2 Å². The lowest BCUT2D eigenvalue weighted by molar-refractivity contribution is 0.195. The van der Waals surface area contributed by atoms with Gasteiger partial charge in [0.05, 0.1) is 0 Å². The lowest BCUT2D eigenvalue weighted by Crippen LogP contribution is -2.40. The smallest absolute Gasteiger partial charge is 0.0166 e. The van der Waals surface area contributed by atoms with Gasteiger partial charge in [0.15, 0.2) is 0 Å². The Morgan fingerprint density at radius 3 is 2.79 bits per heavy atom. The van der Waals surface area contributed by atoms with Crippen LogP contribution in [0.3, 0.4) is 0 Å². The highest BCUT2D eigenvalue weighted by Gasteiger charge is 2.28. The maximum absolute atomic E-state index is 3.57. The Hall–Kier alpha value is -0.0800. The molecule has 1 aliphatic heterocycles. The minimum Gasteiger partial charge on any atom is -0.313 e. The van der Waals surface area contributed by atoms with E-state index in [1.165, 1.54) is 45.3 Å². The summed E-state index contributed by atoms with van der Waals surface area (Å²) in [5.74, 6) is 0.964. The van der Waals surface area contributed by atoms with Crippen LogP contribution in [0.5, 0.6) is 0 Å². The predicted molar refractivity (Wildman–Crippen MR) is 60.5 cm³/mol. The van der Waals surface area contributed by atoms with Crippen LogP contribution < -0.4 is 5.32 Å². The molecule has 2 rings (SSSR count). The monoisotopic (exact) mass is 196 g/mol. The third-order valence-electron chi connectivity index (χ3n) is 3.81. The minimum absolute atomic E-state index is 0.688. The van der Waals surface area contributed by atoms with Gasteiger partial charge in [-0.15, -0.1) is 0 Å². The topological polar surface area (TPSA) is 15.3 Å². The number of hydrogen-bond donors (Lipinski definition) is 1. The van der Waals surface area contributed by atoms with Crippen molar-refractivity contribution in [3.05, 3.63) is 0 Å². The normalized spacial score (nSPS) is 41.1. The first kappa shape index (κ1) is 10.4. The second kappa shape index (κ2) is 4.63. The van der Waals surface area contributed by atoms with Crippen molar-refractivity contribution in [2.75, 3.05) is 19.6 Å². The fourth-order valence-electron chi connectivity index (χ4n) is 2.98. The zero-order valence-corrected chi connectivity index (χ0v) is 9.63. The van der Waals surface area contributed by atoms with E-state index in [1.54, 1.807) is 0 Å². The third-order valence-corrected chi connectivity index (χ3v) is 3.81. The second-order valence-corrected chi connectivity index (χ2v) is 5.28. The van der Waals surface area contributed by atoms with E-state index in [9.17, 15) is 0 Å². The van der Waals surface area contributed by atoms with E-state index in [-0.39, 0.29) is 0 Å². The first-order valence-electron chi connectivity index (χ1n) is 6.23. The second-order valence-electron chi connectivity index (χ2n) is 5.28. The molecule has 2 aliphatic rings. The molecule has 2 heteroatoms. The largest absolute Gasteiger partial charge is 0.313 e. The highest BCUT2D eigenvalue weighted by molar-refractivity contribution is 4.84. The maximum atomic E-state index is 3.57. The third kappa shape index (κ3) is 2.48. The molecule has 2 fully saturated rings. The standard InChI is InChI=1S/C12H24N2/c1-10-4-5-12(8-10)14-7-3-6-13-11(2)9-14/h10-13H,3-9H2,1-2H3. The van der Waals surface area contributed by atoms with Gasteiger partial charge in [0.2, 0.25) is 0 Å². The van der Waals surface area contributed by atoms with Crippen LogP contribution in [0, 0.1) is 5.92 Å². The highest BCUT2D eigenvalue weighted by Crippen LogP contribution is 2.29. The molecule has 14 heavy (non-hydrogen) atoms. The van der Waals surface area contributed by atoms with Crippen molar-refractivity contribution < 1.29 is 0 Å². The van der Waals surface area contributed by atoms with Crippen molar-refractivity contribution in [2.24, 2.45) is 5.92 Å². The fraction of sp³-hybridized carbons (Fsp3) is 1.00. The van der Waals surface area contributed by atoms with Gasteiger partial charge >= 0.3 is 0 Å². The van der Waals surface area contributed by atoms with Gasteiger partial charge < -0.3 is 5.32 Å². The van der Waals surface area contributed by atoms with Crippen molar-refractivity contribution in [2.45, 2.75) is 51.6 Å². The van der Waals surface area contributed by atoms with Crippen molar-refractivity contribution in [1.29, 1.82) is 0 Å². The Balaban J connectivity index is 1.88. The first-order chi connectivity index (χ1) is 6.75. The average Bonchev–Trinajstić information content (AvgIpc) is 2.45. The summed E-state index contributed by atoms with van der Waals surface area (Å²) < 4.78 is 0. The summed E-state index contributed by atoms with van der Waals surface area (Å²) in [6, 6.07) is 1.58. The van der Waals surface area contributed by atoms with Crippen LogP contribution in [-0.4, -0.2) is 36.6 Å². The Kier molecular flexibility index (Phi) is 3.45. The van der Waals surface area contributed by atoms with Crippen molar-refractivity contribution in [3.8, 4) is 0 Å². The van der Waals surface area contributed by atoms with Gasteiger partial charge in [-0.05, 0) is 51.6 Å². The van der Waals surface area contributed by atoms with Crippen LogP contribution >= 0.6 is 0 Å². The maximum Gasteiger partial charge on any atom is 0.0166 e. The predicted octanol–water partition coefficient (Wildman–Crippen LogP) is 1.86. The highest BCUT2D eigenvalue weighted by atomic mass is 15.2. The zero-order chi connectivity index (χ0) is 9.97. The van der Waals surface area contributed by atoms with E-state index in [1.807, 2.05) is 0 Å². The molecule has 1 heterocycles. The Morgan fingerprint density at radius 2 is 2.07 bits per heavy atom. The van der Waals surface area contributed by atoms with E-state index in [2.05, 4.69) is 24.1 Å². The molecule has 0 radical (unpaired) electrons. The van der Waals surface area contributed by atoms with Crippen LogP contribution in [-0.2, 0) is 0 Å². The number of nitrogens with zero attached hydrogens (tertiary/aromatic N) is 1. The summed E-state index contributed by atoms with van der Waals surface area (Å²) in [6.07, 6.45) is 5.65. The summed E-state index contributed by atoms with van der Waals surface area (Å²) in [4.78, 5) is 2.73. The average molecular weight is 196 g/mol. The van der Waals surface area contributed by atoms with E-state index in [4.69, 9.17) is 0 Å². The molecule has 0 bridgehead atoms. The van der Waals surface area contributed by atoms with Gasteiger partial charge in [-0.3, -0.25) is 4.90 Å². The number of hydrogen-bond acceptors (Lipinski definition) is 2. The molecule has 0 amide bonds. The Labute approximate surface area is 88.1 Å². The van der Waals surface area contributed by atoms with E-state index in [0.29, 0.717) is 6.04 Å². The number of rotatable bonds is 1. The van der Waals surface area contributed by atoms with Crippen molar-refractivity contribution >= 4 is 0 Å². The van der Waals surface area contributed by atoms with Gasteiger partial charge in [-0.2, -0.15) is 0 Å². The van der Waals surface area contributed by atoms with Gasteiger partial charge in [-0.25, -0.2) is 0 Å². The minimum atomic E-state index is 0.688. The lowest BCUT2D eigenvalue weighted by atomic mass is 10.1. The molecule has 0 aromatic heterocycles. The summed E-state index contributed by atoms with van der Waals surface area (Å²) in [5.41, 5.74) is 0.